The number of hydrogen-bond acceptors (Lipinski definition) is 2. The molecular weight excluding hydrogens is 224 g/mol. The minimum absolute atomic E-state index is 0.0341. The van der Waals surface area contributed by atoms with Crippen LogP contribution in [0.1, 0.15) is 18.4 Å². The average molecular weight is 239 g/mol. The number of halogens is 1. The quantitative estimate of drug-likeness (QED) is 0.876. The molecule has 3 rings (SSSR count). The van der Waals surface area contributed by atoms with Crippen molar-refractivity contribution in [3.63, 3.8) is 0 Å². The molecule has 3 heteroatoms. The highest BCUT2D eigenvalue weighted by Crippen LogP contribution is 2.62. The van der Waals surface area contributed by atoms with E-state index in [0.29, 0.717) is 0 Å². The first kappa shape index (κ1) is 10.6. The second kappa shape index (κ2) is 3.46. The van der Waals surface area contributed by atoms with Crippen LogP contribution in [0.25, 0.3) is 0 Å². The van der Waals surface area contributed by atoms with E-state index in [9.17, 15) is 5.11 Å². The summed E-state index contributed by atoms with van der Waals surface area (Å²) in [4.78, 5) is 0. The van der Waals surface area contributed by atoms with E-state index >= 15 is 0 Å². The Morgan fingerprint density at radius 2 is 1.81 bits per heavy atom. The lowest BCUT2D eigenvalue weighted by molar-refractivity contribution is -0.110. The highest BCUT2D eigenvalue weighted by molar-refractivity contribution is 6.30. The van der Waals surface area contributed by atoms with Crippen molar-refractivity contribution in [3.8, 4) is 0 Å². The zero-order valence-corrected chi connectivity index (χ0v) is 9.83. The van der Waals surface area contributed by atoms with Crippen molar-refractivity contribution in [2.75, 3.05) is 19.8 Å². The van der Waals surface area contributed by atoms with Crippen LogP contribution >= 0.6 is 11.6 Å². The lowest BCUT2D eigenvalue weighted by Crippen LogP contribution is -2.54. The highest BCUT2D eigenvalue weighted by atomic mass is 35.5. The van der Waals surface area contributed by atoms with Gasteiger partial charge in [-0.1, -0.05) is 23.7 Å². The van der Waals surface area contributed by atoms with Gasteiger partial charge in [-0.25, -0.2) is 0 Å². The largest absolute Gasteiger partial charge is 0.396 e. The number of aliphatic hydroxyl groups excluding tert-OH is 1. The van der Waals surface area contributed by atoms with Crippen LogP contribution in [0, 0.1) is 5.41 Å². The van der Waals surface area contributed by atoms with Gasteiger partial charge in [0.05, 0.1) is 13.2 Å². The summed E-state index contributed by atoms with van der Waals surface area (Å²) in [6.07, 6.45) is 2.21. The fourth-order valence-corrected chi connectivity index (χ4v) is 2.92. The number of aliphatic hydroxyl groups is 1. The molecule has 16 heavy (non-hydrogen) atoms. The third kappa shape index (κ3) is 1.27. The molecule has 0 aromatic heterocycles. The van der Waals surface area contributed by atoms with Gasteiger partial charge in [-0.15, -0.1) is 0 Å². The van der Waals surface area contributed by atoms with Gasteiger partial charge in [-0.2, -0.15) is 0 Å². The molecule has 0 radical (unpaired) electrons. The zero-order valence-electron chi connectivity index (χ0n) is 9.08. The van der Waals surface area contributed by atoms with Gasteiger partial charge in [0.25, 0.3) is 0 Å². The zero-order chi connectivity index (χ0) is 11.2. The lowest BCUT2D eigenvalue weighted by atomic mass is 9.66. The summed E-state index contributed by atoms with van der Waals surface area (Å²) in [6, 6.07) is 7.98. The summed E-state index contributed by atoms with van der Waals surface area (Å²) in [5.41, 5.74) is 1.36. The minimum atomic E-state index is 0.0341. The van der Waals surface area contributed by atoms with Gasteiger partial charge in [0.1, 0.15) is 0 Å². The van der Waals surface area contributed by atoms with Gasteiger partial charge in [0, 0.05) is 22.5 Å². The molecule has 1 aliphatic carbocycles. The topological polar surface area (TPSA) is 29.5 Å². The van der Waals surface area contributed by atoms with Crippen molar-refractivity contribution in [3.05, 3.63) is 34.9 Å². The first-order valence-corrected chi connectivity index (χ1v) is 6.05. The minimum Gasteiger partial charge on any atom is -0.396 e. The molecule has 1 aromatic carbocycles. The SMILES string of the molecule is OCC1(C2(c3ccc(Cl)cc3)COC2)CC1. The van der Waals surface area contributed by atoms with Crippen LogP contribution in [0.5, 0.6) is 0 Å². The van der Waals surface area contributed by atoms with Crippen molar-refractivity contribution in [2.45, 2.75) is 18.3 Å². The van der Waals surface area contributed by atoms with Gasteiger partial charge >= 0.3 is 0 Å². The summed E-state index contributed by atoms with van der Waals surface area (Å²) in [5.74, 6) is 0. The Hall–Kier alpha value is -0.570. The van der Waals surface area contributed by atoms with E-state index in [2.05, 4.69) is 12.1 Å². The molecule has 0 atom stereocenters. The Kier molecular flexibility index (Phi) is 2.29. The molecule has 1 saturated carbocycles. The molecule has 2 fully saturated rings. The van der Waals surface area contributed by atoms with E-state index in [-0.39, 0.29) is 17.4 Å². The van der Waals surface area contributed by atoms with Crippen molar-refractivity contribution in [1.29, 1.82) is 0 Å². The van der Waals surface area contributed by atoms with E-state index in [1.807, 2.05) is 12.1 Å². The maximum atomic E-state index is 9.59. The van der Waals surface area contributed by atoms with Gasteiger partial charge in [-0.3, -0.25) is 0 Å². The highest BCUT2D eigenvalue weighted by Gasteiger charge is 2.63. The van der Waals surface area contributed by atoms with Crippen LogP contribution in [-0.2, 0) is 10.2 Å². The van der Waals surface area contributed by atoms with Crippen molar-refractivity contribution in [1.82, 2.24) is 0 Å². The van der Waals surface area contributed by atoms with Crippen LogP contribution in [0.15, 0.2) is 24.3 Å². The summed E-state index contributed by atoms with van der Waals surface area (Å²) in [6.45, 7) is 1.73. The molecule has 1 heterocycles. The average Bonchev–Trinajstić information content (AvgIpc) is 3.01. The maximum absolute atomic E-state index is 9.59. The Labute approximate surface area is 100 Å². The normalized spacial score (nSPS) is 24.9. The Morgan fingerprint density at radius 1 is 1.19 bits per heavy atom. The molecule has 1 saturated heterocycles. The number of hydrogen-bond donors (Lipinski definition) is 1. The fourth-order valence-electron chi connectivity index (χ4n) is 2.79. The van der Waals surface area contributed by atoms with Crippen LogP contribution < -0.4 is 0 Å². The monoisotopic (exact) mass is 238 g/mol. The molecule has 0 spiro atoms. The summed E-state index contributed by atoms with van der Waals surface area (Å²) >= 11 is 5.91. The fraction of sp³-hybridized carbons (Fsp3) is 0.538. The Bertz CT molecular complexity index is 391. The molecule has 2 nitrogen and oxygen atoms in total. The Balaban J connectivity index is 1.99. The standard InChI is InChI=1S/C13H15ClO2/c14-11-3-1-10(2-4-11)13(8-16-9-13)12(7-15)5-6-12/h1-4,15H,5-9H2. The predicted octanol–water partition coefficient (Wildman–Crippen LogP) is 2.38. The maximum Gasteiger partial charge on any atom is 0.0591 e. The second-order valence-corrected chi connectivity index (χ2v) is 5.46. The number of benzene rings is 1. The van der Waals surface area contributed by atoms with E-state index in [1.54, 1.807) is 0 Å². The van der Waals surface area contributed by atoms with Crippen LogP contribution in [0.2, 0.25) is 5.02 Å². The van der Waals surface area contributed by atoms with Crippen molar-refractivity contribution >= 4 is 11.6 Å². The number of rotatable bonds is 3. The van der Waals surface area contributed by atoms with Crippen LogP contribution in [-0.4, -0.2) is 24.9 Å². The number of ether oxygens (including phenoxy) is 1. The lowest BCUT2D eigenvalue weighted by Gasteiger charge is -2.48. The van der Waals surface area contributed by atoms with Gasteiger partial charge in [-0.05, 0) is 30.5 Å². The molecular formula is C13H15ClO2. The summed E-state index contributed by atoms with van der Waals surface area (Å²) in [5, 5.41) is 10.3. The van der Waals surface area contributed by atoms with Gasteiger partial charge < -0.3 is 9.84 Å². The van der Waals surface area contributed by atoms with Crippen LogP contribution in [0.4, 0.5) is 0 Å². The molecule has 1 N–H and O–H groups in total. The summed E-state index contributed by atoms with van der Waals surface area (Å²) in [7, 11) is 0. The van der Waals surface area contributed by atoms with Crippen molar-refractivity contribution in [2.24, 2.45) is 5.41 Å². The second-order valence-electron chi connectivity index (χ2n) is 5.02. The smallest absolute Gasteiger partial charge is 0.0591 e. The van der Waals surface area contributed by atoms with E-state index in [1.165, 1.54) is 5.56 Å². The van der Waals surface area contributed by atoms with Crippen molar-refractivity contribution < 1.29 is 9.84 Å². The van der Waals surface area contributed by atoms with E-state index < -0.39 is 0 Å². The molecule has 0 bridgehead atoms. The summed E-state index contributed by atoms with van der Waals surface area (Å²) < 4.78 is 5.41. The molecule has 1 aliphatic heterocycles. The van der Waals surface area contributed by atoms with Crippen LogP contribution in [0.3, 0.4) is 0 Å². The molecule has 1 aromatic rings. The third-order valence-electron chi connectivity index (χ3n) is 4.27. The van der Waals surface area contributed by atoms with E-state index in [0.717, 1.165) is 31.1 Å². The molecule has 2 aliphatic rings. The first-order chi connectivity index (χ1) is 7.72. The third-order valence-corrected chi connectivity index (χ3v) is 4.52. The molecule has 0 unspecified atom stereocenters. The molecule has 86 valence electrons. The first-order valence-electron chi connectivity index (χ1n) is 5.67. The van der Waals surface area contributed by atoms with Gasteiger partial charge in [0.2, 0.25) is 0 Å². The molecule has 0 amide bonds. The Morgan fingerprint density at radius 3 is 2.19 bits per heavy atom. The predicted molar refractivity (Wildman–Crippen MR) is 62.7 cm³/mol. The van der Waals surface area contributed by atoms with Gasteiger partial charge in [0.15, 0.2) is 0 Å². The van der Waals surface area contributed by atoms with E-state index in [4.69, 9.17) is 16.3 Å².